The highest BCUT2D eigenvalue weighted by Crippen LogP contribution is 2.49. The molecule has 246 valence electrons. The molecule has 11 aromatic rings. The smallest absolute Gasteiger partial charge is 0.241 e. The summed E-state index contributed by atoms with van der Waals surface area (Å²) in [6, 6.07) is 70.4. The van der Waals surface area contributed by atoms with Crippen LogP contribution < -0.4 is 21.3 Å². The maximum atomic E-state index is 6.70. The second-order valence-corrected chi connectivity index (χ2v) is 14.0. The fraction of sp³-hybridized carbons (Fsp3) is 0. The van der Waals surface area contributed by atoms with Gasteiger partial charge in [-0.05, 0) is 62.6 Å². The van der Waals surface area contributed by atoms with Gasteiger partial charge in [0.25, 0.3) is 0 Å². The van der Waals surface area contributed by atoms with Crippen LogP contribution in [-0.2, 0) is 0 Å². The maximum absolute atomic E-state index is 6.70. The third-order valence-corrected chi connectivity index (χ3v) is 11.1. The van der Waals surface area contributed by atoms with Crippen molar-refractivity contribution in [2.75, 3.05) is 4.90 Å². The number of rotatable bonds is 6. The molecule has 3 heteroatoms. The summed E-state index contributed by atoms with van der Waals surface area (Å²) in [5, 5.41) is 12.3. The van der Waals surface area contributed by atoms with Crippen molar-refractivity contribution in [3.05, 3.63) is 194 Å². The lowest BCUT2D eigenvalue weighted by atomic mass is 9.36. The number of fused-ring (bicyclic) bond motifs is 6. The lowest BCUT2D eigenvalue weighted by Crippen LogP contribution is -2.52. The first-order valence-corrected chi connectivity index (χ1v) is 18.3. The number of benzene rings is 10. The van der Waals surface area contributed by atoms with Gasteiger partial charge >= 0.3 is 0 Å². The van der Waals surface area contributed by atoms with Crippen LogP contribution in [0.4, 0.5) is 17.1 Å². The first kappa shape index (κ1) is 29.9. The summed E-state index contributed by atoms with van der Waals surface area (Å²) in [6.45, 7) is 0.0826. The van der Waals surface area contributed by atoms with Crippen LogP contribution >= 0.6 is 0 Å². The Morgan fingerprint density at radius 1 is 0.358 bits per heavy atom. The van der Waals surface area contributed by atoms with Gasteiger partial charge in [-0.25, -0.2) is 0 Å². The minimum atomic E-state index is 0.0826. The number of anilines is 3. The minimum absolute atomic E-state index is 0.0826. The van der Waals surface area contributed by atoms with E-state index in [-0.39, 0.29) is 6.71 Å². The van der Waals surface area contributed by atoms with Gasteiger partial charge in [0.1, 0.15) is 5.58 Å². The molecule has 0 saturated heterocycles. The lowest BCUT2D eigenvalue weighted by Gasteiger charge is -2.29. The SMILES string of the molecule is c1ccc(B(c2ccccc2)c2ccc3c4ccccc4c4c(N(c5ccccc5)c5cccc6c5oc5ccccc56)ccc5ccc2c3c54)cc1. The molecule has 1 heterocycles. The summed E-state index contributed by atoms with van der Waals surface area (Å²) in [4.78, 5) is 2.40. The van der Waals surface area contributed by atoms with Crippen molar-refractivity contribution in [3.8, 4) is 0 Å². The first-order chi connectivity index (χ1) is 26.3. The van der Waals surface area contributed by atoms with Crippen LogP contribution in [0.1, 0.15) is 0 Å². The van der Waals surface area contributed by atoms with Crippen LogP contribution in [0.5, 0.6) is 0 Å². The largest absolute Gasteiger partial charge is 0.454 e. The second kappa shape index (κ2) is 11.9. The number of hydrogen-bond donors (Lipinski definition) is 0. The average molecular weight is 674 g/mol. The predicted molar refractivity (Wildman–Crippen MR) is 227 cm³/mol. The van der Waals surface area contributed by atoms with Crippen LogP contribution in [0.3, 0.4) is 0 Å². The molecule has 2 nitrogen and oxygen atoms in total. The zero-order valence-corrected chi connectivity index (χ0v) is 28.9. The topological polar surface area (TPSA) is 16.4 Å². The highest BCUT2D eigenvalue weighted by atomic mass is 16.3. The van der Waals surface area contributed by atoms with E-state index in [4.69, 9.17) is 4.42 Å². The van der Waals surface area contributed by atoms with E-state index in [1.165, 1.54) is 59.5 Å². The van der Waals surface area contributed by atoms with Crippen molar-refractivity contribution in [2.45, 2.75) is 0 Å². The summed E-state index contributed by atoms with van der Waals surface area (Å²) in [6.07, 6.45) is 0. The Kier molecular flexibility index (Phi) is 6.68. The van der Waals surface area contributed by atoms with Gasteiger partial charge in [-0.3, -0.25) is 0 Å². The molecular weight excluding hydrogens is 641 g/mol. The van der Waals surface area contributed by atoms with Gasteiger partial charge in [-0.15, -0.1) is 0 Å². The van der Waals surface area contributed by atoms with Gasteiger partial charge in [0.15, 0.2) is 5.58 Å². The van der Waals surface area contributed by atoms with E-state index >= 15 is 0 Å². The van der Waals surface area contributed by atoms with Crippen LogP contribution in [0, 0.1) is 0 Å². The maximum Gasteiger partial charge on any atom is 0.241 e. The van der Waals surface area contributed by atoms with Gasteiger partial charge in [0, 0.05) is 27.2 Å². The van der Waals surface area contributed by atoms with Gasteiger partial charge in [0.2, 0.25) is 6.71 Å². The van der Waals surface area contributed by atoms with Gasteiger partial charge in [-0.2, -0.15) is 0 Å². The molecule has 0 aliphatic heterocycles. The fourth-order valence-corrected chi connectivity index (χ4v) is 8.88. The molecule has 0 fully saturated rings. The average Bonchev–Trinajstić information content (AvgIpc) is 3.62. The zero-order valence-electron chi connectivity index (χ0n) is 28.9. The van der Waals surface area contributed by atoms with Crippen molar-refractivity contribution in [1.82, 2.24) is 0 Å². The van der Waals surface area contributed by atoms with Crippen LogP contribution in [0.2, 0.25) is 0 Å². The Morgan fingerprint density at radius 2 is 0.943 bits per heavy atom. The van der Waals surface area contributed by atoms with Crippen molar-refractivity contribution in [2.24, 2.45) is 0 Å². The van der Waals surface area contributed by atoms with Crippen molar-refractivity contribution in [3.63, 3.8) is 0 Å². The van der Waals surface area contributed by atoms with E-state index in [0.717, 1.165) is 39.0 Å². The molecule has 1 aromatic heterocycles. The minimum Gasteiger partial charge on any atom is -0.454 e. The Bertz CT molecular complexity index is 3080. The molecule has 0 saturated carbocycles. The summed E-state index contributed by atoms with van der Waals surface area (Å²) >= 11 is 0. The van der Waals surface area contributed by atoms with Crippen LogP contribution in [0.15, 0.2) is 199 Å². The van der Waals surface area contributed by atoms with E-state index < -0.39 is 0 Å². The summed E-state index contributed by atoms with van der Waals surface area (Å²) in [5.74, 6) is 0. The molecule has 0 aliphatic rings. The third-order valence-electron chi connectivity index (χ3n) is 11.1. The van der Waals surface area contributed by atoms with E-state index in [9.17, 15) is 0 Å². The Hall–Kier alpha value is -6.84. The Labute approximate surface area is 307 Å². The molecule has 0 spiro atoms. The van der Waals surface area contributed by atoms with E-state index in [1.54, 1.807) is 0 Å². The van der Waals surface area contributed by atoms with E-state index in [1.807, 2.05) is 6.07 Å². The fourth-order valence-electron chi connectivity index (χ4n) is 8.88. The highest BCUT2D eigenvalue weighted by molar-refractivity contribution is 6.97. The number of hydrogen-bond acceptors (Lipinski definition) is 2. The monoisotopic (exact) mass is 673 g/mol. The first-order valence-electron chi connectivity index (χ1n) is 18.3. The van der Waals surface area contributed by atoms with Gasteiger partial charge < -0.3 is 9.32 Å². The summed E-state index contributed by atoms with van der Waals surface area (Å²) in [7, 11) is 0. The van der Waals surface area contributed by atoms with Crippen LogP contribution in [0.25, 0.3) is 65.0 Å². The molecule has 53 heavy (non-hydrogen) atoms. The zero-order chi connectivity index (χ0) is 34.9. The standard InChI is InChI=1S/C50H32BNO/c1-4-15-34(16-5-1)51(35-17-6-2-7-18-35)43-31-30-40-37-21-10-11-23-39(37)49-44(32-28-33-27-29-42(43)48(40)47(33)49)52(36-19-8-3-9-20-36)45-25-14-24-41-38-22-12-13-26-46(38)53-50(41)45/h1-32H. The normalized spacial score (nSPS) is 11.8. The molecule has 0 amide bonds. The number of para-hydroxylation sites is 3. The molecular formula is C50H32BNO. The molecule has 0 N–H and O–H groups in total. The third kappa shape index (κ3) is 4.54. The van der Waals surface area contributed by atoms with Crippen molar-refractivity contribution >= 4 is 105 Å². The van der Waals surface area contributed by atoms with Crippen molar-refractivity contribution < 1.29 is 4.42 Å². The Morgan fingerprint density at radius 3 is 1.70 bits per heavy atom. The number of furan rings is 1. The molecule has 0 radical (unpaired) electrons. The highest BCUT2D eigenvalue weighted by Gasteiger charge is 2.27. The molecule has 10 aromatic carbocycles. The van der Waals surface area contributed by atoms with Gasteiger partial charge in [-0.1, -0.05) is 180 Å². The quantitative estimate of drug-likeness (QED) is 0.0992. The van der Waals surface area contributed by atoms with Gasteiger partial charge in [0.05, 0.1) is 11.4 Å². The molecule has 0 aliphatic carbocycles. The van der Waals surface area contributed by atoms with E-state index in [2.05, 4.69) is 193 Å². The summed E-state index contributed by atoms with van der Waals surface area (Å²) < 4.78 is 6.70. The number of nitrogens with zero attached hydrogens (tertiary/aromatic N) is 1. The second-order valence-electron chi connectivity index (χ2n) is 14.0. The van der Waals surface area contributed by atoms with Crippen LogP contribution in [-0.4, -0.2) is 6.71 Å². The predicted octanol–water partition coefficient (Wildman–Crippen LogP) is 11.6. The molecule has 11 rings (SSSR count). The lowest BCUT2D eigenvalue weighted by molar-refractivity contribution is 0.669. The molecule has 0 unspecified atom stereocenters. The molecule has 0 bridgehead atoms. The molecule has 0 atom stereocenters. The Balaban J connectivity index is 1.27. The van der Waals surface area contributed by atoms with E-state index in [0.29, 0.717) is 0 Å². The summed E-state index contributed by atoms with van der Waals surface area (Å²) in [5.41, 5.74) is 8.86. The van der Waals surface area contributed by atoms with Crippen molar-refractivity contribution in [1.29, 1.82) is 0 Å².